The number of amides is 1. The second-order valence-electron chi connectivity index (χ2n) is 8.90. The molecule has 2 N–H and O–H groups in total. The van der Waals surface area contributed by atoms with Crippen molar-refractivity contribution in [2.75, 3.05) is 26.8 Å². The normalized spacial score (nSPS) is 14.8. The van der Waals surface area contributed by atoms with Crippen LogP contribution in [0.1, 0.15) is 18.9 Å². The number of nitrogens with zero attached hydrogens (tertiary/aromatic N) is 5. The van der Waals surface area contributed by atoms with E-state index in [4.69, 9.17) is 9.72 Å². The number of ether oxygens (including phenoxy) is 1. The fourth-order valence-corrected chi connectivity index (χ4v) is 4.97. The molecule has 1 saturated heterocycles. The van der Waals surface area contributed by atoms with Crippen molar-refractivity contribution in [2.24, 2.45) is 0 Å². The Morgan fingerprint density at radius 1 is 1.14 bits per heavy atom. The number of fused-ring (bicyclic) bond motifs is 4. The van der Waals surface area contributed by atoms with Gasteiger partial charge in [-0.25, -0.2) is 14.8 Å². The summed E-state index contributed by atoms with van der Waals surface area (Å²) >= 11 is 0. The van der Waals surface area contributed by atoms with Crippen molar-refractivity contribution in [3.63, 3.8) is 0 Å². The zero-order chi connectivity index (χ0) is 24.8. The number of carbonyl (C=O) groups excluding carboxylic acids is 1. The van der Waals surface area contributed by atoms with Gasteiger partial charge in [-0.2, -0.15) is 0 Å². The summed E-state index contributed by atoms with van der Waals surface area (Å²) in [5.41, 5.74) is 2.75. The number of hydrogen-bond acceptors (Lipinski definition) is 7. The van der Waals surface area contributed by atoms with Gasteiger partial charge in [0.2, 0.25) is 5.91 Å². The van der Waals surface area contributed by atoms with E-state index in [0.29, 0.717) is 53.6 Å². The quantitative estimate of drug-likeness (QED) is 0.371. The zero-order valence-electron chi connectivity index (χ0n) is 19.5. The number of likely N-dealkylation sites (tertiary alicyclic amines) is 1. The van der Waals surface area contributed by atoms with Crippen LogP contribution in [-0.4, -0.2) is 67.1 Å². The number of hydrogen-bond donors (Lipinski definition) is 2. The minimum atomic E-state index is -0.504. The molecular formula is C25H23N7O4. The van der Waals surface area contributed by atoms with Gasteiger partial charge in [-0.15, -0.1) is 0 Å². The zero-order valence-corrected chi connectivity index (χ0v) is 19.5. The molecule has 6 heterocycles. The van der Waals surface area contributed by atoms with Gasteiger partial charge in [-0.05, 0) is 37.1 Å². The van der Waals surface area contributed by atoms with Gasteiger partial charge in [-0.3, -0.25) is 24.1 Å². The maximum atomic E-state index is 13.1. The summed E-state index contributed by atoms with van der Waals surface area (Å²) in [5.74, 6) is -0.0800. The molecule has 5 aromatic rings. The van der Waals surface area contributed by atoms with Crippen LogP contribution in [0.15, 0.2) is 52.4 Å². The van der Waals surface area contributed by atoms with Crippen molar-refractivity contribution < 1.29 is 9.53 Å². The lowest BCUT2D eigenvalue weighted by atomic mass is 10.0. The number of carbonyl (C=O) groups is 1. The van der Waals surface area contributed by atoms with Gasteiger partial charge >= 0.3 is 5.69 Å². The van der Waals surface area contributed by atoms with E-state index in [1.165, 1.54) is 13.3 Å². The van der Waals surface area contributed by atoms with Gasteiger partial charge in [0, 0.05) is 55.8 Å². The van der Waals surface area contributed by atoms with E-state index in [0.717, 1.165) is 16.6 Å². The number of H-pyrrole nitrogens is 2. The van der Waals surface area contributed by atoms with E-state index in [2.05, 4.69) is 19.9 Å². The van der Waals surface area contributed by atoms with Crippen molar-refractivity contribution >= 4 is 38.9 Å². The molecule has 5 aromatic heterocycles. The van der Waals surface area contributed by atoms with E-state index in [1.807, 2.05) is 30.5 Å². The first kappa shape index (κ1) is 22.1. The Kier molecular flexibility index (Phi) is 5.33. The summed E-state index contributed by atoms with van der Waals surface area (Å²) in [7, 11) is 1.49. The molecule has 1 fully saturated rings. The summed E-state index contributed by atoms with van der Waals surface area (Å²) < 4.78 is 6.58. The maximum Gasteiger partial charge on any atom is 0.329 e. The van der Waals surface area contributed by atoms with Crippen molar-refractivity contribution in [3.8, 4) is 11.3 Å². The van der Waals surface area contributed by atoms with E-state index in [-0.39, 0.29) is 18.6 Å². The SMILES string of the molecule is COCC(=O)N1CCC(n2c(=O)[nH]c(=O)c3cnc4ccc(-c5cnc6[nH]ccc6c5)nc4c32)CC1. The molecule has 6 rings (SSSR count). The molecular weight excluding hydrogens is 462 g/mol. The fourth-order valence-electron chi connectivity index (χ4n) is 4.97. The molecule has 0 aliphatic carbocycles. The molecule has 182 valence electrons. The van der Waals surface area contributed by atoms with Gasteiger partial charge < -0.3 is 14.6 Å². The highest BCUT2D eigenvalue weighted by Gasteiger charge is 2.27. The van der Waals surface area contributed by atoms with Gasteiger partial charge in [0.05, 0.1) is 22.1 Å². The summed E-state index contributed by atoms with van der Waals surface area (Å²) in [4.78, 5) is 59.1. The summed E-state index contributed by atoms with van der Waals surface area (Å²) in [6.07, 6.45) is 6.17. The second kappa shape index (κ2) is 8.68. The number of aromatic nitrogens is 6. The van der Waals surface area contributed by atoms with E-state index >= 15 is 0 Å². The monoisotopic (exact) mass is 485 g/mol. The van der Waals surface area contributed by atoms with Crippen LogP contribution in [0, 0.1) is 0 Å². The molecule has 0 atom stereocenters. The number of nitrogens with one attached hydrogen (secondary N) is 2. The molecule has 1 amide bonds. The Balaban J connectivity index is 1.50. The molecule has 1 aliphatic heterocycles. The number of rotatable bonds is 4. The van der Waals surface area contributed by atoms with E-state index < -0.39 is 11.2 Å². The second-order valence-corrected chi connectivity index (χ2v) is 8.90. The molecule has 0 spiro atoms. The third-order valence-corrected chi connectivity index (χ3v) is 6.76. The predicted octanol–water partition coefficient (Wildman–Crippen LogP) is 1.99. The molecule has 11 heteroatoms. The molecule has 36 heavy (non-hydrogen) atoms. The maximum absolute atomic E-state index is 13.1. The topological polar surface area (TPSA) is 139 Å². The lowest BCUT2D eigenvalue weighted by Crippen LogP contribution is -2.43. The summed E-state index contributed by atoms with van der Waals surface area (Å²) in [6.45, 7) is 1.01. The van der Waals surface area contributed by atoms with Crippen LogP contribution in [0.4, 0.5) is 0 Å². The number of methoxy groups -OCH3 is 1. The molecule has 0 aromatic carbocycles. The Morgan fingerprint density at radius 2 is 1.97 bits per heavy atom. The average Bonchev–Trinajstić information content (AvgIpc) is 3.37. The van der Waals surface area contributed by atoms with Crippen LogP contribution in [-0.2, 0) is 9.53 Å². The van der Waals surface area contributed by atoms with Crippen molar-refractivity contribution in [1.82, 2.24) is 34.4 Å². The van der Waals surface area contributed by atoms with Crippen LogP contribution in [0.5, 0.6) is 0 Å². The molecule has 11 nitrogen and oxygen atoms in total. The van der Waals surface area contributed by atoms with Crippen LogP contribution in [0.3, 0.4) is 0 Å². The Labute approximate surface area is 203 Å². The van der Waals surface area contributed by atoms with Gasteiger partial charge in [0.25, 0.3) is 5.56 Å². The lowest BCUT2D eigenvalue weighted by Gasteiger charge is -2.33. The first-order chi connectivity index (χ1) is 17.5. The predicted molar refractivity (Wildman–Crippen MR) is 134 cm³/mol. The fraction of sp³-hybridized carbons (Fsp3) is 0.280. The first-order valence-corrected chi connectivity index (χ1v) is 11.7. The molecule has 0 radical (unpaired) electrons. The van der Waals surface area contributed by atoms with E-state index in [9.17, 15) is 14.4 Å². The molecule has 0 bridgehead atoms. The smallest absolute Gasteiger partial charge is 0.329 e. The Bertz CT molecular complexity index is 1750. The summed E-state index contributed by atoms with van der Waals surface area (Å²) in [5, 5.41) is 1.25. The third kappa shape index (κ3) is 3.64. The highest BCUT2D eigenvalue weighted by Crippen LogP contribution is 2.29. The average molecular weight is 486 g/mol. The van der Waals surface area contributed by atoms with Crippen molar-refractivity contribution in [3.05, 3.63) is 63.7 Å². The standard InChI is InChI=1S/C25H23N7O4/c1-36-13-20(33)31-8-5-16(6-9-31)32-22-17(24(34)30-25(32)35)12-27-19-3-2-18(29-21(19)22)15-10-14-4-7-26-23(14)28-11-15/h2-4,7,10-12,16H,5-6,8-9,13H2,1H3,(H,26,28)(H,30,34,35). The molecule has 0 unspecified atom stereocenters. The highest BCUT2D eigenvalue weighted by atomic mass is 16.5. The highest BCUT2D eigenvalue weighted by molar-refractivity contribution is 6.01. The van der Waals surface area contributed by atoms with Crippen molar-refractivity contribution in [2.45, 2.75) is 18.9 Å². The number of pyridine rings is 3. The van der Waals surface area contributed by atoms with Crippen LogP contribution in [0.25, 0.3) is 44.2 Å². The van der Waals surface area contributed by atoms with Crippen LogP contribution in [0.2, 0.25) is 0 Å². The minimum Gasteiger partial charge on any atom is -0.375 e. The molecule has 1 aliphatic rings. The molecule has 0 saturated carbocycles. The van der Waals surface area contributed by atoms with E-state index in [1.54, 1.807) is 15.7 Å². The Morgan fingerprint density at radius 3 is 2.78 bits per heavy atom. The largest absolute Gasteiger partial charge is 0.375 e. The Hall–Kier alpha value is -4.38. The number of piperidine rings is 1. The number of aromatic amines is 2. The van der Waals surface area contributed by atoms with Gasteiger partial charge in [-0.1, -0.05) is 0 Å². The minimum absolute atomic E-state index is 0.0264. The van der Waals surface area contributed by atoms with Crippen LogP contribution < -0.4 is 11.2 Å². The summed E-state index contributed by atoms with van der Waals surface area (Å²) in [6, 6.07) is 7.40. The van der Waals surface area contributed by atoms with Crippen LogP contribution >= 0.6 is 0 Å². The van der Waals surface area contributed by atoms with Crippen molar-refractivity contribution in [1.29, 1.82) is 0 Å². The van der Waals surface area contributed by atoms with Gasteiger partial charge in [0.1, 0.15) is 17.8 Å². The third-order valence-electron chi connectivity index (χ3n) is 6.76. The lowest BCUT2D eigenvalue weighted by molar-refractivity contribution is -0.136. The first-order valence-electron chi connectivity index (χ1n) is 11.7. The van der Waals surface area contributed by atoms with Gasteiger partial charge in [0.15, 0.2) is 0 Å².